The molecule has 0 spiro atoms. The molecule has 0 amide bonds. The smallest absolute Gasteiger partial charge is 0.0784 e. The molecule has 0 saturated heterocycles. The van der Waals surface area contributed by atoms with Crippen molar-refractivity contribution in [1.29, 1.82) is 0 Å². The summed E-state index contributed by atoms with van der Waals surface area (Å²) in [5.41, 5.74) is 0. The highest BCUT2D eigenvalue weighted by atomic mass is 79.9. The van der Waals surface area contributed by atoms with Crippen molar-refractivity contribution >= 4 is 15.9 Å². The summed E-state index contributed by atoms with van der Waals surface area (Å²) in [5.74, 6) is 0. The lowest BCUT2D eigenvalue weighted by molar-refractivity contribution is -0.910. The largest absolute Gasteiger partial charge is 1.00 e. The molecule has 0 atom stereocenters. The molecule has 0 aromatic rings. The Morgan fingerprint density at radius 2 is 0.875 bits per heavy atom. The average Bonchev–Trinajstić information content (AvgIpc) is 2.54. The van der Waals surface area contributed by atoms with E-state index in [2.05, 4.69) is 36.8 Å². The van der Waals surface area contributed by atoms with Crippen molar-refractivity contribution in [1.82, 2.24) is 0 Å². The summed E-state index contributed by atoms with van der Waals surface area (Å²) in [6, 6.07) is 0. The van der Waals surface area contributed by atoms with Gasteiger partial charge >= 0.3 is 0 Å². The van der Waals surface area contributed by atoms with Crippen molar-refractivity contribution in [3.05, 3.63) is 0 Å². The minimum absolute atomic E-state index is 0. The standard InChI is InChI=1S/C21H45BrN.BrH/c1-4-6-8-10-12-15-19-23(3,21-17-14-18-22)20-16-13-11-9-7-5-2;/h4-21H2,1-3H3;1H/q+1;/p-1. The zero-order valence-electron chi connectivity index (χ0n) is 16.9. The Bertz CT molecular complexity index is 218. The van der Waals surface area contributed by atoms with Crippen LogP contribution in [-0.4, -0.2) is 36.5 Å². The number of quaternary nitrogens is 1. The van der Waals surface area contributed by atoms with Gasteiger partial charge in [0.25, 0.3) is 0 Å². The van der Waals surface area contributed by atoms with Gasteiger partial charge in [-0.15, -0.1) is 0 Å². The van der Waals surface area contributed by atoms with Crippen LogP contribution in [0.2, 0.25) is 0 Å². The second kappa shape index (κ2) is 20.2. The van der Waals surface area contributed by atoms with E-state index in [1.165, 1.54) is 119 Å². The second-order valence-electron chi connectivity index (χ2n) is 7.72. The van der Waals surface area contributed by atoms with Crippen LogP contribution in [0.25, 0.3) is 0 Å². The molecule has 0 fully saturated rings. The molecule has 0 saturated carbocycles. The molecule has 0 aliphatic carbocycles. The van der Waals surface area contributed by atoms with Gasteiger partial charge in [-0.2, -0.15) is 0 Å². The molecule has 24 heavy (non-hydrogen) atoms. The lowest BCUT2D eigenvalue weighted by Crippen LogP contribution is -3.00. The van der Waals surface area contributed by atoms with E-state index in [4.69, 9.17) is 0 Å². The fraction of sp³-hybridized carbons (Fsp3) is 1.00. The molecule has 0 radical (unpaired) electrons. The summed E-state index contributed by atoms with van der Waals surface area (Å²) >= 11 is 3.59. The maximum absolute atomic E-state index is 3.59. The first-order chi connectivity index (χ1) is 11.2. The number of hydrogen-bond donors (Lipinski definition) is 0. The summed E-state index contributed by atoms with van der Waals surface area (Å²) < 4.78 is 1.33. The Kier molecular flexibility index (Phi) is 22.9. The molecule has 0 rings (SSSR count). The molecule has 3 heteroatoms. The fourth-order valence-electron chi connectivity index (χ4n) is 3.47. The fourth-order valence-corrected chi connectivity index (χ4v) is 3.87. The van der Waals surface area contributed by atoms with Crippen LogP contribution < -0.4 is 17.0 Å². The summed E-state index contributed by atoms with van der Waals surface area (Å²) in [6.07, 6.45) is 19.8. The molecule has 148 valence electrons. The van der Waals surface area contributed by atoms with Crippen LogP contribution >= 0.6 is 15.9 Å². The predicted octanol–water partition coefficient (Wildman–Crippen LogP) is 4.33. The predicted molar refractivity (Wildman–Crippen MR) is 111 cm³/mol. The number of hydrogen-bond acceptors (Lipinski definition) is 0. The van der Waals surface area contributed by atoms with Gasteiger partial charge in [0.05, 0.1) is 26.7 Å². The number of nitrogens with zero attached hydrogens (tertiary/aromatic N) is 1. The average molecular weight is 471 g/mol. The van der Waals surface area contributed by atoms with Gasteiger partial charge in [-0.05, 0) is 38.5 Å². The molecule has 0 heterocycles. The van der Waals surface area contributed by atoms with Crippen LogP contribution in [-0.2, 0) is 0 Å². The lowest BCUT2D eigenvalue weighted by atomic mass is 10.1. The third kappa shape index (κ3) is 17.7. The van der Waals surface area contributed by atoms with Crippen molar-refractivity contribution in [2.45, 2.75) is 104 Å². The summed E-state index contributed by atoms with van der Waals surface area (Å²) in [6.45, 7) is 8.80. The van der Waals surface area contributed by atoms with Crippen LogP contribution in [0.3, 0.4) is 0 Å². The van der Waals surface area contributed by atoms with E-state index < -0.39 is 0 Å². The Hall–Kier alpha value is 0.920. The molecular weight excluding hydrogens is 426 g/mol. The summed E-state index contributed by atoms with van der Waals surface area (Å²) in [5, 5.41) is 1.17. The van der Waals surface area contributed by atoms with Crippen molar-refractivity contribution in [2.75, 3.05) is 32.0 Å². The first kappa shape index (κ1) is 27.1. The van der Waals surface area contributed by atoms with Crippen molar-refractivity contribution in [3.8, 4) is 0 Å². The van der Waals surface area contributed by atoms with E-state index in [9.17, 15) is 0 Å². The van der Waals surface area contributed by atoms with Gasteiger partial charge in [0.2, 0.25) is 0 Å². The van der Waals surface area contributed by atoms with E-state index in [1.54, 1.807) is 0 Å². The molecule has 1 nitrogen and oxygen atoms in total. The van der Waals surface area contributed by atoms with Gasteiger partial charge in [0, 0.05) is 5.33 Å². The minimum atomic E-state index is 0. The van der Waals surface area contributed by atoms with Crippen LogP contribution in [0, 0.1) is 0 Å². The lowest BCUT2D eigenvalue weighted by Gasteiger charge is -2.35. The summed E-state index contributed by atoms with van der Waals surface area (Å²) in [7, 11) is 2.52. The number of alkyl halides is 1. The van der Waals surface area contributed by atoms with Gasteiger partial charge in [-0.1, -0.05) is 81.1 Å². The minimum Gasteiger partial charge on any atom is -1.00 e. The number of rotatable bonds is 18. The van der Waals surface area contributed by atoms with Crippen molar-refractivity contribution < 1.29 is 21.5 Å². The Labute approximate surface area is 172 Å². The van der Waals surface area contributed by atoms with E-state index >= 15 is 0 Å². The van der Waals surface area contributed by atoms with Crippen LogP contribution in [0.4, 0.5) is 0 Å². The van der Waals surface area contributed by atoms with Gasteiger partial charge < -0.3 is 21.5 Å². The van der Waals surface area contributed by atoms with Crippen LogP contribution in [0.5, 0.6) is 0 Å². The highest BCUT2D eigenvalue weighted by Gasteiger charge is 2.19. The highest BCUT2D eigenvalue weighted by Crippen LogP contribution is 2.15. The maximum Gasteiger partial charge on any atom is 0.0784 e. The Morgan fingerprint density at radius 1 is 0.542 bits per heavy atom. The molecule has 0 aliphatic rings. The normalized spacial score (nSPS) is 11.5. The van der Waals surface area contributed by atoms with Gasteiger partial charge in [-0.3, -0.25) is 0 Å². The Morgan fingerprint density at radius 3 is 1.25 bits per heavy atom. The van der Waals surface area contributed by atoms with E-state index in [1.807, 2.05) is 0 Å². The molecule has 0 aromatic carbocycles. The van der Waals surface area contributed by atoms with E-state index in [-0.39, 0.29) is 17.0 Å². The van der Waals surface area contributed by atoms with Crippen LogP contribution in [0.15, 0.2) is 0 Å². The highest BCUT2D eigenvalue weighted by molar-refractivity contribution is 9.09. The Balaban J connectivity index is 0. The third-order valence-corrected chi connectivity index (χ3v) is 5.75. The topological polar surface area (TPSA) is 0 Å². The summed E-state index contributed by atoms with van der Waals surface area (Å²) in [4.78, 5) is 0. The maximum atomic E-state index is 3.59. The van der Waals surface area contributed by atoms with Gasteiger partial charge in [0.15, 0.2) is 0 Å². The number of halogens is 2. The molecule has 0 bridgehead atoms. The zero-order chi connectivity index (χ0) is 17.2. The van der Waals surface area contributed by atoms with E-state index in [0.29, 0.717) is 0 Å². The molecule has 0 unspecified atom stereocenters. The van der Waals surface area contributed by atoms with Crippen molar-refractivity contribution in [2.24, 2.45) is 0 Å². The van der Waals surface area contributed by atoms with E-state index in [0.717, 1.165) is 0 Å². The molecule has 0 N–H and O–H groups in total. The SMILES string of the molecule is CCCCCCCC[N+](C)(CCCCBr)CCCCCCCC.[Br-]. The quantitative estimate of drug-likeness (QED) is 0.159. The number of unbranched alkanes of at least 4 members (excludes halogenated alkanes) is 11. The molecular formula is C21H45Br2N. The van der Waals surface area contributed by atoms with Gasteiger partial charge in [0.1, 0.15) is 0 Å². The second-order valence-corrected chi connectivity index (χ2v) is 8.51. The van der Waals surface area contributed by atoms with Crippen molar-refractivity contribution in [3.63, 3.8) is 0 Å². The third-order valence-electron chi connectivity index (χ3n) is 5.18. The first-order valence-corrected chi connectivity index (χ1v) is 11.7. The first-order valence-electron chi connectivity index (χ1n) is 10.6. The van der Waals surface area contributed by atoms with Gasteiger partial charge in [-0.25, -0.2) is 0 Å². The monoisotopic (exact) mass is 469 g/mol. The van der Waals surface area contributed by atoms with Crippen LogP contribution in [0.1, 0.15) is 104 Å². The molecule has 0 aliphatic heterocycles. The zero-order valence-corrected chi connectivity index (χ0v) is 20.1. The molecule has 0 aromatic heterocycles.